The number of nitrogens with two attached hydrogens (primary N) is 1. The van der Waals surface area contributed by atoms with Crippen molar-refractivity contribution in [3.8, 4) is 11.1 Å². The molecule has 1 amide bonds. The maximum absolute atomic E-state index is 12.0. The molecule has 0 atom stereocenters. The fourth-order valence-corrected chi connectivity index (χ4v) is 3.03. The molecule has 2 rings (SSSR count). The van der Waals surface area contributed by atoms with E-state index >= 15 is 0 Å². The maximum atomic E-state index is 12.0. The Bertz CT molecular complexity index is 699. The van der Waals surface area contributed by atoms with Crippen molar-refractivity contribution in [2.75, 3.05) is 0 Å². The number of hydrogen-bond acceptors (Lipinski definition) is 1. The van der Waals surface area contributed by atoms with Gasteiger partial charge >= 0.3 is 0 Å². The van der Waals surface area contributed by atoms with Gasteiger partial charge in [0.25, 0.3) is 5.91 Å². The molecule has 0 radical (unpaired) electrons. The Balaban J connectivity index is 2.77. The molecular formula is C18H21ClN2O. The van der Waals surface area contributed by atoms with Crippen LogP contribution in [0.25, 0.3) is 11.1 Å². The molecule has 0 bridgehead atoms. The van der Waals surface area contributed by atoms with Crippen molar-refractivity contribution in [3.63, 3.8) is 0 Å². The molecule has 1 heterocycles. The molecule has 0 aliphatic rings. The highest BCUT2D eigenvalue weighted by Gasteiger charge is 2.23. The lowest BCUT2D eigenvalue weighted by Gasteiger charge is -2.10. The minimum atomic E-state index is -0.400. The average Bonchev–Trinajstić information content (AvgIpc) is 2.74. The number of carbonyl (C=O) groups is 1. The van der Waals surface area contributed by atoms with Crippen LogP contribution in [-0.2, 0) is 13.0 Å². The molecule has 4 heteroatoms. The molecule has 2 aromatic rings. The Morgan fingerprint density at radius 3 is 2.50 bits per heavy atom. The minimum Gasteiger partial charge on any atom is -0.366 e. The summed E-state index contributed by atoms with van der Waals surface area (Å²) in [5.74, 6) is -0.400. The van der Waals surface area contributed by atoms with Gasteiger partial charge in [-0.15, -0.1) is 6.58 Å². The standard InChI is InChI=1S/C18H21ClN2O/c1-4-6-15-17(13-7-9-14(19)10-8-13)16(18(20)22)12(3)21(15)11-5-2/h5,7-10H,2,4,6,11H2,1,3H3,(H2,20,22). The number of rotatable bonds is 6. The van der Waals surface area contributed by atoms with Gasteiger partial charge in [-0.1, -0.05) is 43.2 Å². The van der Waals surface area contributed by atoms with E-state index in [-0.39, 0.29) is 0 Å². The molecule has 3 nitrogen and oxygen atoms in total. The summed E-state index contributed by atoms with van der Waals surface area (Å²) in [4.78, 5) is 12.0. The summed E-state index contributed by atoms with van der Waals surface area (Å²) in [5.41, 5.74) is 10.1. The second-order valence-corrected chi connectivity index (χ2v) is 5.74. The van der Waals surface area contributed by atoms with Crippen LogP contribution in [0, 0.1) is 6.92 Å². The Morgan fingerprint density at radius 2 is 2.00 bits per heavy atom. The smallest absolute Gasteiger partial charge is 0.251 e. The van der Waals surface area contributed by atoms with Crippen molar-refractivity contribution in [3.05, 3.63) is 58.9 Å². The summed E-state index contributed by atoms with van der Waals surface area (Å²) in [7, 11) is 0. The molecule has 0 spiro atoms. The van der Waals surface area contributed by atoms with E-state index in [0.717, 1.165) is 35.4 Å². The zero-order chi connectivity index (χ0) is 16.3. The quantitative estimate of drug-likeness (QED) is 0.791. The third-order valence-electron chi connectivity index (χ3n) is 3.81. The number of benzene rings is 1. The molecule has 0 fully saturated rings. The first-order chi connectivity index (χ1) is 10.5. The van der Waals surface area contributed by atoms with Gasteiger partial charge < -0.3 is 10.3 Å². The number of halogens is 1. The maximum Gasteiger partial charge on any atom is 0.251 e. The molecule has 1 aromatic carbocycles. The summed E-state index contributed by atoms with van der Waals surface area (Å²) in [6.45, 7) is 8.53. The first kappa shape index (κ1) is 16.4. The highest BCUT2D eigenvalue weighted by molar-refractivity contribution is 6.30. The Hall–Kier alpha value is -2.00. The van der Waals surface area contributed by atoms with Crippen LogP contribution in [0.3, 0.4) is 0 Å². The van der Waals surface area contributed by atoms with Gasteiger partial charge in [0.2, 0.25) is 0 Å². The normalized spacial score (nSPS) is 10.7. The van der Waals surface area contributed by atoms with Crippen LogP contribution >= 0.6 is 11.6 Å². The van der Waals surface area contributed by atoms with Crippen LogP contribution in [-0.4, -0.2) is 10.5 Å². The van der Waals surface area contributed by atoms with Gasteiger partial charge in [0.1, 0.15) is 0 Å². The number of nitrogens with zero attached hydrogens (tertiary/aromatic N) is 1. The van der Waals surface area contributed by atoms with E-state index < -0.39 is 5.91 Å². The number of hydrogen-bond donors (Lipinski definition) is 1. The van der Waals surface area contributed by atoms with Crippen molar-refractivity contribution in [1.82, 2.24) is 4.57 Å². The molecule has 0 unspecified atom stereocenters. The minimum absolute atomic E-state index is 0.400. The first-order valence-corrected chi connectivity index (χ1v) is 7.77. The van der Waals surface area contributed by atoms with Gasteiger partial charge in [0.05, 0.1) is 5.56 Å². The van der Waals surface area contributed by atoms with Gasteiger partial charge in [-0.05, 0) is 31.0 Å². The largest absolute Gasteiger partial charge is 0.366 e. The second-order valence-electron chi connectivity index (χ2n) is 5.30. The SMILES string of the molecule is C=CCn1c(C)c(C(N)=O)c(-c2ccc(Cl)cc2)c1CCC. The van der Waals surface area contributed by atoms with Crippen molar-refractivity contribution in [2.45, 2.75) is 33.2 Å². The Kier molecular flexibility index (Phi) is 5.09. The van der Waals surface area contributed by atoms with Crippen molar-refractivity contribution < 1.29 is 4.79 Å². The molecule has 22 heavy (non-hydrogen) atoms. The average molecular weight is 317 g/mol. The fourth-order valence-electron chi connectivity index (χ4n) is 2.90. The molecular weight excluding hydrogens is 296 g/mol. The molecule has 0 aliphatic carbocycles. The van der Waals surface area contributed by atoms with Crippen LogP contribution in [0.5, 0.6) is 0 Å². The lowest BCUT2D eigenvalue weighted by Crippen LogP contribution is -2.13. The zero-order valence-corrected chi connectivity index (χ0v) is 13.8. The number of amides is 1. The van der Waals surface area contributed by atoms with E-state index in [4.69, 9.17) is 17.3 Å². The third-order valence-corrected chi connectivity index (χ3v) is 4.06. The molecule has 0 aliphatic heterocycles. The highest BCUT2D eigenvalue weighted by Crippen LogP contribution is 2.34. The fraction of sp³-hybridized carbons (Fsp3) is 0.278. The molecule has 116 valence electrons. The van der Waals surface area contributed by atoms with E-state index in [1.54, 1.807) is 0 Å². The van der Waals surface area contributed by atoms with Crippen LogP contribution in [0.4, 0.5) is 0 Å². The van der Waals surface area contributed by atoms with Crippen LogP contribution < -0.4 is 5.73 Å². The van der Waals surface area contributed by atoms with E-state index in [1.165, 1.54) is 0 Å². The van der Waals surface area contributed by atoms with Crippen molar-refractivity contribution in [2.24, 2.45) is 5.73 Å². The van der Waals surface area contributed by atoms with E-state index in [1.807, 2.05) is 37.3 Å². The lowest BCUT2D eigenvalue weighted by atomic mass is 9.98. The lowest BCUT2D eigenvalue weighted by molar-refractivity contribution is 0.1000. The summed E-state index contributed by atoms with van der Waals surface area (Å²) < 4.78 is 2.13. The summed E-state index contributed by atoms with van der Waals surface area (Å²) in [6, 6.07) is 7.52. The topological polar surface area (TPSA) is 48.0 Å². The van der Waals surface area contributed by atoms with Crippen molar-refractivity contribution >= 4 is 17.5 Å². The second kappa shape index (κ2) is 6.84. The Labute approximate surface area is 136 Å². The highest BCUT2D eigenvalue weighted by atomic mass is 35.5. The van der Waals surface area contributed by atoms with E-state index in [9.17, 15) is 4.79 Å². The molecule has 0 saturated heterocycles. The van der Waals surface area contributed by atoms with Gasteiger partial charge in [-0.25, -0.2) is 0 Å². The summed E-state index contributed by atoms with van der Waals surface area (Å²) >= 11 is 5.98. The molecule has 0 saturated carbocycles. The number of carbonyl (C=O) groups excluding carboxylic acids is 1. The van der Waals surface area contributed by atoms with Gasteiger partial charge in [0, 0.05) is 28.5 Å². The summed E-state index contributed by atoms with van der Waals surface area (Å²) in [5, 5.41) is 0.670. The van der Waals surface area contributed by atoms with Crippen LogP contribution in [0.2, 0.25) is 5.02 Å². The predicted molar refractivity (Wildman–Crippen MR) is 92.3 cm³/mol. The Morgan fingerprint density at radius 1 is 1.36 bits per heavy atom. The molecule has 1 aromatic heterocycles. The van der Waals surface area contributed by atoms with Crippen LogP contribution in [0.15, 0.2) is 36.9 Å². The monoisotopic (exact) mass is 316 g/mol. The first-order valence-electron chi connectivity index (χ1n) is 7.39. The third kappa shape index (κ3) is 2.95. The van der Waals surface area contributed by atoms with Crippen molar-refractivity contribution in [1.29, 1.82) is 0 Å². The van der Waals surface area contributed by atoms with Crippen LogP contribution in [0.1, 0.15) is 35.1 Å². The van der Waals surface area contributed by atoms with Gasteiger partial charge in [-0.2, -0.15) is 0 Å². The number of primary amides is 1. The number of aromatic nitrogens is 1. The van der Waals surface area contributed by atoms with Gasteiger partial charge in [0.15, 0.2) is 0 Å². The zero-order valence-electron chi connectivity index (χ0n) is 13.0. The van der Waals surface area contributed by atoms with E-state index in [0.29, 0.717) is 17.1 Å². The van der Waals surface area contributed by atoms with E-state index in [2.05, 4.69) is 18.1 Å². The molecule has 2 N–H and O–H groups in total. The number of allylic oxidation sites excluding steroid dienone is 1. The predicted octanol–water partition coefficient (Wildman–Crippen LogP) is 4.35. The van der Waals surface area contributed by atoms with Gasteiger partial charge in [-0.3, -0.25) is 4.79 Å². The summed E-state index contributed by atoms with van der Waals surface area (Å²) in [6.07, 6.45) is 3.70.